The van der Waals surface area contributed by atoms with Crippen molar-refractivity contribution in [1.29, 1.82) is 0 Å². The molecule has 4 rings (SSSR count). The molecule has 0 atom stereocenters. The number of furan rings is 1. The minimum absolute atomic E-state index is 0.228. The van der Waals surface area contributed by atoms with E-state index in [0.29, 0.717) is 0 Å². The molecule has 1 aromatic heterocycles. The number of rotatable bonds is 1. The number of hydrogen-bond acceptors (Lipinski definition) is 2. The van der Waals surface area contributed by atoms with E-state index in [-0.39, 0.29) is 5.82 Å². The van der Waals surface area contributed by atoms with Gasteiger partial charge in [-0.1, -0.05) is 12.1 Å². The molecule has 0 spiro atoms. The highest BCUT2D eigenvalue weighted by Crippen LogP contribution is 2.22. The Morgan fingerprint density at radius 1 is 1.06 bits per heavy atom. The van der Waals surface area contributed by atoms with Crippen molar-refractivity contribution in [2.24, 2.45) is 0 Å². The van der Waals surface area contributed by atoms with Gasteiger partial charge in [-0.3, -0.25) is 0 Å². The highest BCUT2D eigenvalue weighted by molar-refractivity contribution is 5.76. The molecule has 2 aromatic rings. The Kier molecular flexibility index (Phi) is 2.52. The zero-order chi connectivity index (χ0) is 12.5. The summed E-state index contributed by atoms with van der Waals surface area (Å²) in [5, 5.41) is 3.43. The quantitative estimate of drug-likeness (QED) is 0.505. The summed E-state index contributed by atoms with van der Waals surface area (Å²) in [5.74, 6) is 0.802. The molecule has 0 aliphatic heterocycles. The van der Waals surface area contributed by atoms with Crippen LogP contribution in [0.2, 0.25) is 0 Å². The first-order chi connectivity index (χ1) is 8.78. The maximum absolute atomic E-state index is 12.5. The maximum atomic E-state index is 12.5. The molecule has 0 unspecified atom stereocenters. The van der Waals surface area contributed by atoms with Crippen molar-refractivity contribution in [1.82, 2.24) is 0 Å². The van der Waals surface area contributed by atoms with Crippen molar-refractivity contribution < 1.29 is 13.5 Å². The summed E-state index contributed by atoms with van der Waals surface area (Å²) in [6, 6.07) is 12.4. The average molecular weight is 242 g/mol. The normalized spacial score (nSPS) is 10.8. The van der Waals surface area contributed by atoms with Crippen LogP contribution in [-0.2, 0) is 0 Å². The molecule has 0 saturated carbocycles. The largest absolute Gasteiger partial charge is 0.496 e. The molecule has 0 N–H and O–H groups in total. The zero-order valence-electron chi connectivity index (χ0n) is 9.81. The van der Waals surface area contributed by atoms with Crippen LogP contribution < -0.4 is 4.74 Å². The molecule has 2 aliphatic rings. The molecule has 0 radical (unpaired) electrons. The Bertz CT molecular complexity index is 790. The summed E-state index contributed by atoms with van der Waals surface area (Å²) < 4.78 is 22.5. The number of benzene rings is 2. The molecule has 0 saturated heterocycles. The van der Waals surface area contributed by atoms with Gasteiger partial charge in [-0.15, -0.1) is 0 Å². The molecule has 1 heterocycles. The van der Waals surface area contributed by atoms with Gasteiger partial charge in [-0.2, -0.15) is 0 Å². The van der Waals surface area contributed by atoms with E-state index < -0.39 is 0 Å². The first-order valence-corrected chi connectivity index (χ1v) is 5.59. The predicted molar refractivity (Wildman–Crippen MR) is 66.8 cm³/mol. The molecule has 2 nitrogen and oxygen atoms in total. The van der Waals surface area contributed by atoms with Gasteiger partial charge in [0.25, 0.3) is 0 Å². The van der Waals surface area contributed by atoms with Crippen molar-refractivity contribution >= 4 is 11.0 Å². The maximum Gasteiger partial charge on any atom is 0.134 e. The Labute approximate surface area is 103 Å². The Hall–Kier alpha value is -2.29. The number of hydrogen-bond donors (Lipinski definition) is 0. The molecule has 0 amide bonds. The minimum atomic E-state index is -0.228. The Balaban J connectivity index is 0.000000114. The average Bonchev–Trinajstić information content (AvgIpc) is 2.80. The second-order valence-electron chi connectivity index (χ2n) is 4.02. The lowest BCUT2D eigenvalue weighted by Crippen LogP contribution is -1.92. The fourth-order valence-corrected chi connectivity index (χ4v) is 1.86. The number of methoxy groups -OCH3 is 1. The summed E-state index contributed by atoms with van der Waals surface area (Å²) in [4.78, 5) is 0. The lowest BCUT2D eigenvalue weighted by atomic mass is 10.1. The third-order valence-electron chi connectivity index (χ3n) is 2.93. The van der Waals surface area contributed by atoms with Crippen LogP contribution in [0.3, 0.4) is 0 Å². The SMILES string of the molecule is COc1cc2ccc1=2.Fc1ccc2occc2c1. The van der Waals surface area contributed by atoms with E-state index in [1.54, 1.807) is 25.5 Å². The Morgan fingerprint density at radius 3 is 2.50 bits per heavy atom. The third kappa shape index (κ3) is 1.74. The van der Waals surface area contributed by atoms with E-state index in [4.69, 9.17) is 9.15 Å². The molecule has 0 fully saturated rings. The van der Waals surface area contributed by atoms with Gasteiger partial charge in [0.2, 0.25) is 0 Å². The molecule has 2 aliphatic carbocycles. The summed E-state index contributed by atoms with van der Waals surface area (Å²) in [6.45, 7) is 0. The second kappa shape index (κ2) is 4.18. The van der Waals surface area contributed by atoms with E-state index >= 15 is 0 Å². The van der Waals surface area contributed by atoms with E-state index in [9.17, 15) is 4.39 Å². The van der Waals surface area contributed by atoms with Crippen molar-refractivity contribution in [2.75, 3.05) is 7.11 Å². The second-order valence-corrected chi connectivity index (χ2v) is 4.02. The number of fused-ring (bicyclic) bond motifs is 1. The van der Waals surface area contributed by atoms with Crippen LogP contribution in [0.1, 0.15) is 0 Å². The van der Waals surface area contributed by atoms with Gasteiger partial charge in [0.05, 0.1) is 13.4 Å². The van der Waals surface area contributed by atoms with E-state index in [1.807, 2.05) is 6.07 Å². The van der Waals surface area contributed by atoms with E-state index in [1.165, 1.54) is 22.6 Å². The van der Waals surface area contributed by atoms with Gasteiger partial charge in [0.15, 0.2) is 0 Å². The van der Waals surface area contributed by atoms with Crippen LogP contribution in [0.15, 0.2) is 53.1 Å². The summed E-state index contributed by atoms with van der Waals surface area (Å²) in [5.41, 5.74) is 0.724. The lowest BCUT2D eigenvalue weighted by molar-refractivity contribution is 0.407. The zero-order valence-corrected chi connectivity index (χ0v) is 9.81. The summed E-state index contributed by atoms with van der Waals surface area (Å²) in [7, 11) is 1.70. The van der Waals surface area contributed by atoms with Gasteiger partial charge in [-0.25, -0.2) is 4.39 Å². The van der Waals surface area contributed by atoms with E-state index in [2.05, 4.69) is 12.1 Å². The first kappa shape index (κ1) is 10.8. The van der Waals surface area contributed by atoms with Crippen LogP contribution in [0.4, 0.5) is 4.39 Å². The van der Waals surface area contributed by atoms with Gasteiger partial charge in [0.1, 0.15) is 17.1 Å². The van der Waals surface area contributed by atoms with Crippen LogP contribution in [0.5, 0.6) is 5.75 Å². The van der Waals surface area contributed by atoms with Crippen molar-refractivity contribution in [3.63, 3.8) is 0 Å². The highest BCUT2D eigenvalue weighted by Gasteiger charge is 2.03. The summed E-state index contributed by atoms with van der Waals surface area (Å²) >= 11 is 0. The third-order valence-corrected chi connectivity index (χ3v) is 2.93. The summed E-state index contributed by atoms with van der Waals surface area (Å²) in [6.07, 6.45) is 1.55. The molecule has 3 heteroatoms. The minimum Gasteiger partial charge on any atom is -0.496 e. The number of ether oxygens (including phenoxy) is 1. The molecule has 1 aromatic carbocycles. The number of halogens is 1. The van der Waals surface area contributed by atoms with Gasteiger partial charge >= 0.3 is 0 Å². The topological polar surface area (TPSA) is 22.4 Å². The molecular formula is C15H11FO2. The lowest BCUT2D eigenvalue weighted by Gasteiger charge is -2.08. The first-order valence-electron chi connectivity index (χ1n) is 5.59. The highest BCUT2D eigenvalue weighted by atomic mass is 19.1. The molecular weight excluding hydrogens is 231 g/mol. The van der Waals surface area contributed by atoms with Gasteiger partial charge in [-0.05, 0) is 35.6 Å². The predicted octanol–water partition coefficient (Wildman–Crippen LogP) is 3.87. The van der Waals surface area contributed by atoms with Crippen LogP contribution in [0, 0.1) is 16.3 Å². The van der Waals surface area contributed by atoms with Crippen LogP contribution >= 0.6 is 0 Å². The van der Waals surface area contributed by atoms with Crippen LogP contribution in [0.25, 0.3) is 11.0 Å². The van der Waals surface area contributed by atoms with Crippen molar-refractivity contribution in [3.8, 4) is 5.75 Å². The fraction of sp³-hybridized carbons (Fsp3) is 0.0667. The molecule has 0 bridgehead atoms. The standard InChI is InChI=1S/C8H5FO.C7H6O/c9-7-1-2-8-6(5-7)3-4-10-8;1-8-7-4-5-2-3-6(5)7/h1-5H;2-4H,1H3. The smallest absolute Gasteiger partial charge is 0.134 e. The fourth-order valence-electron chi connectivity index (χ4n) is 1.86. The van der Waals surface area contributed by atoms with Gasteiger partial charge in [0, 0.05) is 10.6 Å². The molecule has 90 valence electrons. The van der Waals surface area contributed by atoms with E-state index in [0.717, 1.165) is 16.7 Å². The molecule has 18 heavy (non-hydrogen) atoms. The monoisotopic (exact) mass is 242 g/mol. The van der Waals surface area contributed by atoms with Crippen molar-refractivity contribution in [2.45, 2.75) is 0 Å². The van der Waals surface area contributed by atoms with Gasteiger partial charge < -0.3 is 9.15 Å². The van der Waals surface area contributed by atoms with Crippen molar-refractivity contribution in [3.05, 3.63) is 65.0 Å². The van der Waals surface area contributed by atoms with Crippen LogP contribution in [-0.4, -0.2) is 7.11 Å². The Morgan fingerprint density at radius 2 is 1.94 bits per heavy atom.